The van der Waals surface area contributed by atoms with E-state index in [1.807, 2.05) is 29.6 Å². The van der Waals surface area contributed by atoms with E-state index in [1.54, 1.807) is 18.4 Å². The van der Waals surface area contributed by atoms with E-state index in [0.29, 0.717) is 6.42 Å². The second kappa shape index (κ2) is 4.98. The summed E-state index contributed by atoms with van der Waals surface area (Å²) in [6.45, 7) is 0. The summed E-state index contributed by atoms with van der Waals surface area (Å²) in [6, 6.07) is 7.95. The Morgan fingerprint density at radius 3 is 3.00 bits per heavy atom. The fourth-order valence-corrected chi connectivity index (χ4v) is 3.88. The molecule has 0 fully saturated rings. The fraction of sp³-hybridized carbons (Fsp3) is 0.214. The first-order valence-corrected chi connectivity index (χ1v) is 7.57. The third-order valence-electron chi connectivity index (χ3n) is 3.25. The van der Waals surface area contributed by atoms with Crippen molar-refractivity contribution in [1.29, 1.82) is 0 Å². The topological polar surface area (TPSA) is 38.3 Å². The lowest BCUT2D eigenvalue weighted by atomic mass is 9.91. The first kappa shape index (κ1) is 12.7. The Labute approximate surface area is 123 Å². The highest BCUT2D eigenvalue weighted by molar-refractivity contribution is 9.10. The number of carbonyl (C=O) groups excluding carboxylic acids is 1. The molecule has 1 atom stereocenters. The lowest BCUT2D eigenvalue weighted by Gasteiger charge is -2.23. The van der Waals surface area contributed by atoms with Crippen molar-refractivity contribution in [2.75, 3.05) is 12.4 Å². The van der Waals surface area contributed by atoms with Gasteiger partial charge in [0, 0.05) is 17.2 Å². The molecule has 1 amide bonds. The summed E-state index contributed by atoms with van der Waals surface area (Å²) in [5.41, 5.74) is 2.07. The van der Waals surface area contributed by atoms with E-state index >= 15 is 0 Å². The van der Waals surface area contributed by atoms with Crippen molar-refractivity contribution in [3.05, 3.63) is 44.6 Å². The SMILES string of the molecule is COc1ccc(C2CC(=O)Nc3ccsc32)cc1Br. The van der Waals surface area contributed by atoms with Gasteiger partial charge >= 0.3 is 0 Å². The van der Waals surface area contributed by atoms with Crippen LogP contribution in [0.15, 0.2) is 34.1 Å². The molecule has 0 saturated carbocycles. The second-order valence-electron chi connectivity index (χ2n) is 4.40. The van der Waals surface area contributed by atoms with Crippen molar-refractivity contribution in [3.63, 3.8) is 0 Å². The van der Waals surface area contributed by atoms with Gasteiger partial charge < -0.3 is 10.1 Å². The fourth-order valence-electron chi connectivity index (χ4n) is 2.34. The van der Waals surface area contributed by atoms with Crippen LogP contribution in [0.25, 0.3) is 0 Å². The van der Waals surface area contributed by atoms with Gasteiger partial charge in [0.15, 0.2) is 0 Å². The van der Waals surface area contributed by atoms with Crippen molar-refractivity contribution in [2.45, 2.75) is 12.3 Å². The van der Waals surface area contributed by atoms with Gasteiger partial charge in [0.25, 0.3) is 0 Å². The number of benzene rings is 1. The lowest BCUT2D eigenvalue weighted by Crippen LogP contribution is -2.21. The first-order valence-electron chi connectivity index (χ1n) is 5.89. The molecule has 1 aromatic carbocycles. The number of rotatable bonds is 2. The number of nitrogens with one attached hydrogen (secondary N) is 1. The molecule has 0 spiro atoms. The zero-order chi connectivity index (χ0) is 13.4. The van der Waals surface area contributed by atoms with Gasteiger partial charge in [-0.15, -0.1) is 11.3 Å². The number of halogens is 1. The number of fused-ring (bicyclic) bond motifs is 1. The van der Waals surface area contributed by atoms with Crippen LogP contribution in [-0.4, -0.2) is 13.0 Å². The van der Waals surface area contributed by atoms with Crippen LogP contribution in [0, 0.1) is 0 Å². The molecule has 1 N–H and O–H groups in total. The van der Waals surface area contributed by atoms with E-state index in [2.05, 4.69) is 21.2 Å². The van der Waals surface area contributed by atoms with E-state index in [9.17, 15) is 4.79 Å². The standard InChI is InChI=1S/C14H12BrNO2S/c1-18-12-3-2-8(6-10(12)15)9-7-13(17)16-11-4-5-19-14(9)11/h2-6,9H,7H2,1H3,(H,16,17). The number of thiophene rings is 1. The summed E-state index contributed by atoms with van der Waals surface area (Å²) in [7, 11) is 1.64. The largest absolute Gasteiger partial charge is 0.496 e. The van der Waals surface area contributed by atoms with Crippen molar-refractivity contribution in [1.82, 2.24) is 0 Å². The van der Waals surface area contributed by atoms with Crippen LogP contribution >= 0.6 is 27.3 Å². The molecular weight excluding hydrogens is 326 g/mol. The highest BCUT2D eigenvalue weighted by Crippen LogP contribution is 2.42. The quantitative estimate of drug-likeness (QED) is 0.899. The highest BCUT2D eigenvalue weighted by Gasteiger charge is 2.27. The molecule has 1 aliphatic rings. The van der Waals surface area contributed by atoms with Crippen LogP contribution in [0.1, 0.15) is 22.8 Å². The Bertz CT molecular complexity index is 638. The van der Waals surface area contributed by atoms with Crippen LogP contribution in [0.4, 0.5) is 5.69 Å². The molecule has 19 heavy (non-hydrogen) atoms. The number of methoxy groups -OCH3 is 1. The minimum atomic E-state index is 0.0721. The minimum absolute atomic E-state index is 0.0721. The summed E-state index contributed by atoms with van der Waals surface area (Å²) < 4.78 is 6.15. The van der Waals surface area contributed by atoms with E-state index in [4.69, 9.17) is 4.74 Å². The Kier molecular flexibility index (Phi) is 3.33. The molecule has 98 valence electrons. The van der Waals surface area contributed by atoms with Crippen LogP contribution in [-0.2, 0) is 4.79 Å². The van der Waals surface area contributed by atoms with E-state index in [1.165, 1.54) is 4.88 Å². The molecule has 1 unspecified atom stereocenters. The molecule has 0 bridgehead atoms. The zero-order valence-corrected chi connectivity index (χ0v) is 12.7. The van der Waals surface area contributed by atoms with E-state index < -0.39 is 0 Å². The van der Waals surface area contributed by atoms with Crippen LogP contribution in [0.2, 0.25) is 0 Å². The summed E-state index contributed by atoms with van der Waals surface area (Å²) in [5.74, 6) is 1.00. The number of hydrogen-bond donors (Lipinski definition) is 1. The van der Waals surface area contributed by atoms with Crippen molar-refractivity contribution in [3.8, 4) is 5.75 Å². The van der Waals surface area contributed by atoms with Crippen molar-refractivity contribution in [2.24, 2.45) is 0 Å². The first-order chi connectivity index (χ1) is 9.19. The predicted molar refractivity (Wildman–Crippen MR) is 80.1 cm³/mol. The normalized spacial score (nSPS) is 17.8. The Morgan fingerprint density at radius 1 is 1.42 bits per heavy atom. The molecule has 3 rings (SSSR count). The van der Waals surface area contributed by atoms with E-state index in [-0.39, 0.29) is 11.8 Å². The monoisotopic (exact) mass is 337 g/mol. The summed E-state index contributed by atoms with van der Waals surface area (Å²) in [4.78, 5) is 13.0. The lowest BCUT2D eigenvalue weighted by molar-refractivity contribution is -0.116. The molecular formula is C14H12BrNO2S. The van der Waals surface area contributed by atoms with Gasteiger partial charge in [-0.3, -0.25) is 4.79 Å². The number of amides is 1. The molecule has 2 aromatic rings. The molecule has 3 nitrogen and oxygen atoms in total. The average Bonchev–Trinajstić information content (AvgIpc) is 2.85. The summed E-state index contributed by atoms with van der Waals surface area (Å²) in [5, 5.41) is 4.93. The van der Waals surface area contributed by atoms with E-state index in [0.717, 1.165) is 21.5 Å². The maximum atomic E-state index is 11.8. The third-order valence-corrected chi connectivity index (χ3v) is 4.90. The number of ether oxygens (including phenoxy) is 1. The number of carbonyl (C=O) groups is 1. The molecule has 0 aliphatic carbocycles. The third kappa shape index (κ3) is 2.28. The van der Waals surface area contributed by atoms with Gasteiger partial charge in [-0.25, -0.2) is 0 Å². The maximum absolute atomic E-state index is 11.8. The Morgan fingerprint density at radius 2 is 2.26 bits per heavy atom. The smallest absolute Gasteiger partial charge is 0.225 e. The minimum Gasteiger partial charge on any atom is -0.496 e. The van der Waals surface area contributed by atoms with Gasteiger partial charge in [0.1, 0.15) is 5.75 Å². The highest BCUT2D eigenvalue weighted by atomic mass is 79.9. The zero-order valence-electron chi connectivity index (χ0n) is 10.3. The molecule has 1 aromatic heterocycles. The van der Waals surface area contributed by atoms with Crippen LogP contribution in [0.3, 0.4) is 0 Å². The number of anilines is 1. The van der Waals surface area contributed by atoms with Gasteiger partial charge in [-0.2, -0.15) is 0 Å². The average molecular weight is 338 g/mol. The van der Waals surface area contributed by atoms with Gasteiger partial charge in [-0.1, -0.05) is 6.07 Å². The molecule has 1 aliphatic heterocycles. The molecule has 2 heterocycles. The Balaban J connectivity index is 2.03. The summed E-state index contributed by atoms with van der Waals surface area (Å²) in [6.07, 6.45) is 0.492. The van der Waals surface area contributed by atoms with Gasteiger partial charge in [0.2, 0.25) is 5.91 Å². The second-order valence-corrected chi connectivity index (χ2v) is 6.20. The van der Waals surface area contributed by atoms with Gasteiger partial charge in [0.05, 0.1) is 17.3 Å². The van der Waals surface area contributed by atoms with Gasteiger partial charge in [-0.05, 0) is 45.1 Å². The summed E-state index contributed by atoms with van der Waals surface area (Å²) >= 11 is 5.18. The maximum Gasteiger partial charge on any atom is 0.225 e. The molecule has 0 radical (unpaired) electrons. The van der Waals surface area contributed by atoms with Crippen molar-refractivity contribution >= 4 is 38.9 Å². The molecule has 0 saturated heterocycles. The van der Waals surface area contributed by atoms with Crippen molar-refractivity contribution < 1.29 is 9.53 Å². The molecule has 5 heteroatoms. The van der Waals surface area contributed by atoms with Crippen LogP contribution < -0.4 is 10.1 Å². The Hall–Kier alpha value is -1.33. The number of hydrogen-bond acceptors (Lipinski definition) is 3. The predicted octanol–water partition coefficient (Wildman–Crippen LogP) is 3.99. The van der Waals surface area contributed by atoms with Crippen LogP contribution in [0.5, 0.6) is 5.75 Å².